The Morgan fingerprint density at radius 2 is 1.96 bits per heavy atom. The molecule has 6 nitrogen and oxygen atoms in total. The molecule has 1 aromatic carbocycles. The largest absolute Gasteiger partial charge is 0.381 e. The van der Waals surface area contributed by atoms with E-state index in [0.717, 1.165) is 84.4 Å². The molecule has 156 valence electrons. The second kappa shape index (κ2) is 11.2. The van der Waals surface area contributed by atoms with Gasteiger partial charge in [0.25, 0.3) is 0 Å². The molecule has 0 aliphatic carbocycles. The third-order valence-corrected chi connectivity index (χ3v) is 5.43. The van der Waals surface area contributed by atoms with Crippen LogP contribution in [0.1, 0.15) is 19.3 Å². The molecule has 1 aromatic rings. The van der Waals surface area contributed by atoms with E-state index in [1.54, 1.807) is 6.07 Å². The summed E-state index contributed by atoms with van der Waals surface area (Å²) < 4.78 is 25.2. The average molecular weight is 393 g/mol. The Balaban J connectivity index is 1.32. The third-order valence-electron chi connectivity index (χ3n) is 5.43. The number of nitrogens with one attached hydrogen (secondary N) is 1. The summed E-state index contributed by atoms with van der Waals surface area (Å²) in [7, 11) is 1.81. The maximum atomic E-state index is 14.0. The van der Waals surface area contributed by atoms with Crippen molar-refractivity contribution in [3.8, 4) is 0 Å². The Morgan fingerprint density at radius 3 is 2.68 bits per heavy atom. The van der Waals surface area contributed by atoms with Crippen molar-refractivity contribution in [3.05, 3.63) is 30.1 Å². The first kappa shape index (κ1) is 20.9. The van der Waals surface area contributed by atoms with Crippen molar-refractivity contribution >= 4 is 11.6 Å². The molecule has 28 heavy (non-hydrogen) atoms. The molecule has 0 amide bonds. The van der Waals surface area contributed by atoms with E-state index in [2.05, 4.69) is 20.1 Å². The predicted molar refractivity (Wildman–Crippen MR) is 111 cm³/mol. The standard InChI is InChI=1S/C21H33FN4O2/c1-23-21(24-9-4-14-28-17-18-7-15-27-16-8-18)26-12-10-25(11-13-26)20-6-3-2-5-19(20)22/h2-3,5-6,18H,4,7-17H2,1H3,(H,23,24). The summed E-state index contributed by atoms with van der Waals surface area (Å²) in [5.41, 5.74) is 0.687. The fourth-order valence-corrected chi connectivity index (χ4v) is 3.74. The number of hydrogen-bond acceptors (Lipinski definition) is 4. The molecule has 2 heterocycles. The van der Waals surface area contributed by atoms with E-state index in [1.807, 2.05) is 19.2 Å². The zero-order valence-electron chi connectivity index (χ0n) is 16.9. The first-order valence-corrected chi connectivity index (χ1v) is 10.4. The smallest absolute Gasteiger partial charge is 0.193 e. The van der Waals surface area contributed by atoms with Crippen LogP contribution in [0, 0.1) is 11.7 Å². The molecular formula is C21H33FN4O2. The van der Waals surface area contributed by atoms with Crippen LogP contribution in [0.15, 0.2) is 29.3 Å². The molecule has 0 bridgehead atoms. The number of rotatable bonds is 7. The minimum absolute atomic E-state index is 0.154. The first-order valence-electron chi connectivity index (χ1n) is 10.4. The number of aliphatic imine (C=N–C) groups is 1. The number of ether oxygens (including phenoxy) is 2. The Kier molecular flexibility index (Phi) is 8.36. The number of nitrogens with zero attached hydrogens (tertiary/aromatic N) is 3. The molecule has 0 saturated carbocycles. The fourth-order valence-electron chi connectivity index (χ4n) is 3.74. The maximum Gasteiger partial charge on any atom is 0.193 e. The number of anilines is 1. The summed E-state index contributed by atoms with van der Waals surface area (Å²) in [6.07, 6.45) is 3.19. The van der Waals surface area contributed by atoms with Crippen LogP contribution in [-0.2, 0) is 9.47 Å². The number of para-hydroxylation sites is 1. The zero-order valence-corrected chi connectivity index (χ0v) is 16.9. The monoisotopic (exact) mass is 392 g/mol. The van der Waals surface area contributed by atoms with Crippen LogP contribution < -0.4 is 10.2 Å². The molecule has 7 heteroatoms. The van der Waals surface area contributed by atoms with Gasteiger partial charge in [-0.2, -0.15) is 0 Å². The Bertz CT molecular complexity index is 614. The highest BCUT2D eigenvalue weighted by molar-refractivity contribution is 5.80. The number of piperazine rings is 1. The SMILES string of the molecule is CN=C(NCCCOCC1CCOCC1)N1CCN(c2ccccc2F)CC1. The molecule has 0 atom stereocenters. The van der Waals surface area contributed by atoms with Crippen LogP contribution in [0.5, 0.6) is 0 Å². The minimum Gasteiger partial charge on any atom is -0.381 e. The molecular weight excluding hydrogens is 359 g/mol. The summed E-state index contributed by atoms with van der Waals surface area (Å²) in [4.78, 5) is 8.74. The van der Waals surface area contributed by atoms with Crippen molar-refractivity contribution in [1.82, 2.24) is 10.2 Å². The molecule has 0 spiro atoms. The van der Waals surface area contributed by atoms with Gasteiger partial charge in [-0.25, -0.2) is 4.39 Å². The summed E-state index contributed by atoms with van der Waals surface area (Å²) in [6.45, 7) is 7.42. The van der Waals surface area contributed by atoms with Gasteiger partial charge in [0.2, 0.25) is 0 Å². The summed E-state index contributed by atoms with van der Waals surface area (Å²) in [5.74, 6) is 1.41. The maximum absolute atomic E-state index is 14.0. The highest BCUT2D eigenvalue weighted by atomic mass is 19.1. The number of halogens is 1. The van der Waals surface area contributed by atoms with Gasteiger partial charge in [0.05, 0.1) is 5.69 Å². The van der Waals surface area contributed by atoms with Crippen molar-refractivity contribution < 1.29 is 13.9 Å². The molecule has 0 aromatic heterocycles. The average Bonchev–Trinajstić information content (AvgIpc) is 2.75. The second-order valence-corrected chi connectivity index (χ2v) is 7.38. The zero-order chi connectivity index (χ0) is 19.6. The minimum atomic E-state index is -0.154. The van der Waals surface area contributed by atoms with E-state index >= 15 is 0 Å². The topological polar surface area (TPSA) is 49.3 Å². The lowest BCUT2D eigenvalue weighted by Gasteiger charge is -2.37. The van der Waals surface area contributed by atoms with Crippen LogP contribution >= 0.6 is 0 Å². The van der Waals surface area contributed by atoms with Crippen LogP contribution in [0.3, 0.4) is 0 Å². The highest BCUT2D eigenvalue weighted by Crippen LogP contribution is 2.20. The van der Waals surface area contributed by atoms with E-state index < -0.39 is 0 Å². The van der Waals surface area contributed by atoms with Gasteiger partial charge in [0.15, 0.2) is 5.96 Å². The van der Waals surface area contributed by atoms with Crippen LogP contribution in [0.25, 0.3) is 0 Å². The number of guanidine groups is 1. The molecule has 0 radical (unpaired) electrons. The highest BCUT2D eigenvalue weighted by Gasteiger charge is 2.21. The van der Waals surface area contributed by atoms with Gasteiger partial charge in [-0.1, -0.05) is 12.1 Å². The van der Waals surface area contributed by atoms with Crippen molar-refractivity contribution in [1.29, 1.82) is 0 Å². The van der Waals surface area contributed by atoms with Crippen molar-refractivity contribution in [2.75, 3.05) is 71.1 Å². The Hall–Kier alpha value is -1.86. The van der Waals surface area contributed by atoms with Crippen molar-refractivity contribution in [3.63, 3.8) is 0 Å². The predicted octanol–water partition coefficient (Wildman–Crippen LogP) is 2.36. The number of benzene rings is 1. The normalized spacial score (nSPS) is 19.1. The van der Waals surface area contributed by atoms with Crippen LogP contribution in [0.4, 0.5) is 10.1 Å². The molecule has 2 saturated heterocycles. The lowest BCUT2D eigenvalue weighted by atomic mass is 10.0. The first-order chi connectivity index (χ1) is 13.8. The van der Waals surface area contributed by atoms with Gasteiger partial charge in [-0.05, 0) is 37.3 Å². The van der Waals surface area contributed by atoms with Gasteiger partial charge in [0, 0.05) is 66.2 Å². The van der Waals surface area contributed by atoms with E-state index in [4.69, 9.17) is 9.47 Å². The molecule has 2 aliphatic rings. The Morgan fingerprint density at radius 1 is 1.21 bits per heavy atom. The van der Waals surface area contributed by atoms with Gasteiger partial charge in [-0.3, -0.25) is 4.99 Å². The fraction of sp³-hybridized carbons (Fsp3) is 0.667. The molecule has 0 unspecified atom stereocenters. The van der Waals surface area contributed by atoms with Crippen LogP contribution in [0.2, 0.25) is 0 Å². The molecule has 1 N–H and O–H groups in total. The second-order valence-electron chi connectivity index (χ2n) is 7.38. The van der Waals surface area contributed by atoms with Crippen molar-refractivity contribution in [2.24, 2.45) is 10.9 Å². The number of hydrogen-bond donors (Lipinski definition) is 1. The van der Waals surface area contributed by atoms with Crippen molar-refractivity contribution in [2.45, 2.75) is 19.3 Å². The van der Waals surface area contributed by atoms with E-state index in [9.17, 15) is 4.39 Å². The lowest BCUT2D eigenvalue weighted by Crippen LogP contribution is -2.52. The lowest BCUT2D eigenvalue weighted by molar-refractivity contribution is 0.0203. The van der Waals surface area contributed by atoms with Gasteiger partial charge in [-0.15, -0.1) is 0 Å². The summed E-state index contributed by atoms with van der Waals surface area (Å²) in [6, 6.07) is 6.98. The Labute approximate surface area is 167 Å². The van der Waals surface area contributed by atoms with Gasteiger partial charge in [0.1, 0.15) is 5.82 Å². The summed E-state index contributed by atoms with van der Waals surface area (Å²) in [5, 5.41) is 3.43. The van der Waals surface area contributed by atoms with E-state index in [0.29, 0.717) is 11.6 Å². The summed E-state index contributed by atoms with van der Waals surface area (Å²) >= 11 is 0. The molecule has 2 aliphatic heterocycles. The molecule has 2 fully saturated rings. The third kappa shape index (κ3) is 6.07. The van der Waals surface area contributed by atoms with E-state index in [1.165, 1.54) is 6.07 Å². The van der Waals surface area contributed by atoms with Crippen LogP contribution in [-0.4, -0.2) is 77.1 Å². The molecule has 3 rings (SSSR count). The van der Waals surface area contributed by atoms with E-state index in [-0.39, 0.29) is 5.82 Å². The quantitative estimate of drug-likeness (QED) is 0.439. The van der Waals surface area contributed by atoms with Gasteiger partial charge < -0.3 is 24.6 Å². The van der Waals surface area contributed by atoms with Gasteiger partial charge >= 0.3 is 0 Å².